The monoisotopic (exact) mass is 299 g/mol. The molecule has 0 saturated carbocycles. The first-order chi connectivity index (χ1) is 9.47. The molecule has 0 aliphatic heterocycles. The average Bonchev–Trinajstić information content (AvgIpc) is 2.77. The number of nitrogens with zero attached hydrogens (tertiary/aromatic N) is 2. The lowest BCUT2D eigenvalue weighted by molar-refractivity contribution is 0.0694. The van der Waals surface area contributed by atoms with E-state index in [9.17, 15) is 14.7 Å². The normalized spacial score (nSPS) is 10.6. The molecule has 0 spiro atoms. The fourth-order valence-electron chi connectivity index (χ4n) is 1.22. The second-order valence-electron chi connectivity index (χ2n) is 4.01. The number of aromatic carboxylic acids is 1. The second kappa shape index (κ2) is 7.49. The first kappa shape index (κ1) is 16.0. The standard InChI is InChI=1S/C12H17N3O4S/c1-4-5-6-7-19-9-8(11(16)17)10(20-14-9)13-12(18)15(2)3/h5-6H,4,7H2,1-3H3,(H,13,18)(H,16,17). The van der Waals surface area contributed by atoms with E-state index in [2.05, 4.69) is 9.69 Å². The van der Waals surface area contributed by atoms with Crippen molar-refractivity contribution in [3.05, 3.63) is 17.7 Å². The number of hydrogen-bond donors (Lipinski definition) is 2. The Kier molecular flexibility index (Phi) is 5.98. The van der Waals surface area contributed by atoms with Crippen LogP contribution in [0.1, 0.15) is 23.7 Å². The van der Waals surface area contributed by atoms with Crippen molar-refractivity contribution in [3.63, 3.8) is 0 Å². The number of anilines is 1. The zero-order chi connectivity index (χ0) is 15.1. The van der Waals surface area contributed by atoms with Crippen LogP contribution in [-0.2, 0) is 0 Å². The van der Waals surface area contributed by atoms with Gasteiger partial charge in [0.1, 0.15) is 11.6 Å². The molecule has 8 heteroatoms. The molecule has 1 aromatic heterocycles. The van der Waals surface area contributed by atoms with Crippen molar-refractivity contribution >= 4 is 28.5 Å². The maximum Gasteiger partial charge on any atom is 0.344 e. The molecular weight excluding hydrogens is 282 g/mol. The van der Waals surface area contributed by atoms with Gasteiger partial charge in [0.15, 0.2) is 5.56 Å². The molecule has 0 aromatic carbocycles. The van der Waals surface area contributed by atoms with E-state index in [1.165, 1.54) is 4.90 Å². The Balaban J connectivity index is 2.87. The summed E-state index contributed by atoms with van der Waals surface area (Å²) in [4.78, 5) is 24.1. The molecular formula is C12H17N3O4S. The molecule has 2 amide bonds. The number of nitrogens with one attached hydrogen (secondary N) is 1. The number of hydrogen-bond acceptors (Lipinski definition) is 5. The molecule has 1 rings (SSSR count). The van der Waals surface area contributed by atoms with E-state index in [0.29, 0.717) is 0 Å². The van der Waals surface area contributed by atoms with Gasteiger partial charge in [-0.25, -0.2) is 9.59 Å². The third-order valence-electron chi connectivity index (χ3n) is 2.22. The van der Waals surface area contributed by atoms with Crippen LogP contribution >= 0.6 is 11.5 Å². The van der Waals surface area contributed by atoms with Gasteiger partial charge in [-0.05, 0) is 18.0 Å². The van der Waals surface area contributed by atoms with Crippen molar-refractivity contribution in [1.82, 2.24) is 9.27 Å². The van der Waals surface area contributed by atoms with E-state index in [4.69, 9.17) is 4.74 Å². The maximum atomic E-state index is 11.5. The first-order valence-electron chi connectivity index (χ1n) is 5.96. The van der Waals surface area contributed by atoms with Gasteiger partial charge in [-0.3, -0.25) is 5.32 Å². The third-order valence-corrected chi connectivity index (χ3v) is 2.97. The number of carboxylic acid groups (broad SMARTS) is 1. The van der Waals surface area contributed by atoms with Crippen molar-refractivity contribution < 1.29 is 19.4 Å². The minimum atomic E-state index is -1.19. The van der Waals surface area contributed by atoms with Crippen LogP contribution in [0.3, 0.4) is 0 Å². The van der Waals surface area contributed by atoms with Crippen LogP contribution in [0.25, 0.3) is 0 Å². The molecule has 1 aromatic rings. The van der Waals surface area contributed by atoms with Gasteiger partial charge in [0, 0.05) is 14.1 Å². The van der Waals surface area contributed by atoms with Gasteiger partial charge in [0.2, 0.25) is 5.88 Å². The van der Waals surface area contributed by atoms with Crippen molar-refractivity contribution in [2.45, 2.75) is 13.3 Å². The fourth-order valence-corrected chi connectivity index (χ4v) is 1.94. The number of ether oxygens (including phenoxy) is 1. The Morgan fingerprint density at radius 2 is 2.15 bits per heavy atom. The van der Waals surface area contributed by atoms with Crippen LogP contribution in [0.4, 0.5) is 9.80 Å². The molecule has 0 atom stereocenters. The lowest BCUT2D eigenvalue weighted by atomic mass is 10.3. The third kappa shape index (κ3) is 4.23. The van der Waals surface area contributed by atoms with E-state index in [1.807, 2.05) is 13.0 Å². The summed E-state index contributed by atoms with van der Waals surface area (Å²) >= 11 is 0.875. The van der Waals surface area contributed by atoms with Crippen LogP contribution in [-0.4, -0.2) is 47.1 Å². The van der Waals surface area contributed by atoms with Crippen molar-refractivity contribution in [1.29, 1.82) is 0 Å². The number of amides is 2. The Labute approximate surface area is 121 Å². The van der Waals surface area contributed by atoms with Gasteiger partial charge in [-0.1, -0.05) is 19.1 Å². The first-order valence-corrected chi connectivity index (χ1v) is 6.73. The molecule has 2 N–H and O–H groups in total. The number of carboxylic acids is 1. The summed E-state index contributed by atoms with van der Waals surface area (Å²) in [7, 11) is 3.12. The minimum Gasteiger partial charge on any atom is -0.477 e. The Bertz CT molecular complexity index is 511. The number of aromatic nitrogens is 1. The van der Waals surface area contributed by atoms with Crippen LogP contribution in [0.15, 0.2) is 12.2 Å². The molecule has 0 aliphatic rings. The van der Waals surface area contributed by atoms with Gasteiger partial charge in [-0.2, -0.15) is 4.37 Å². The number of rotatable bonds is 6. The zero-order valence-electron chi connectivity index (χ0n) is 11.5. The highest BCUT2D eigenvalue weighted by molar-refractivity contribution is 7.11. The molecule has 0 bridgehead atoms. The van der Waals surface area contributed by atoms with Crippen molar-refractivity contribution in [2.75, 3.05) is 26.0 Å². The van der Waals surface area contributed by atoms with E-state index in [0.717, 1.165) is 18.0 Å². The molecule has 0 saturated heterocycles. The topological polar surface area (TPSA) is 91.8 Å². The summed E-state index contributed by atoms with van der Waals surface area (Å²) in [6.07, 6.45) is 4.56. The van der Waals surface area contributed by atoms with E-state index >= 15 is 0 Å². The van der Waals surface area contributed by atoms with Gasteiger partial charge in [-0.15, -0.1) is 0 Å². The molecule has 0 unspecified atom stereocenters. The SMILES string of the molecule is CCC=CCOc1nsc(NC(=O)N(C)C)c1C(=O)O. The Morgan fingerprint density at radius 3 is 2.70 bits per heavy atom. The molecule has 7 nitrogen and oxygen atoms in total. The molecule has 0 aliphatic carbocycles. The van der Waals surface area contributed by atoms with Crippen molar-refractivity contribution in [3.8, 4) is 5.88 Å². The predicted molar refractivity (Wildman–Crippen MR) is 76.7 cm³/mol. The predicted octanol–water partition coefficient (Wildman–Crippen LogP) is 2.28. The summed E-state index contributed by atoms with van der Waals surface area (Å²) in [5, 5.41) is 11.8. The zero-order valence-corrected chi connectivity index (χ0v) is 12.4. The van der Waals surface area contributed by atoms with Crippen LogP contribution in [0.5, 0.6) is 5.88 Å². The quantitative estimate of drug-likeness (QED) is 0.786. The largest absolute Gasteiger partial charge is 0.477 e. The van der Waals surface area contributed by atoms with Gasteiger partial charge in [0.25, 0.3) is 0 Å². The number of urea groups is 1. The smallest absolute Gasteiger partial charge is 0.344 e. The maximum absolute atomic E-state index is 11.5. The Hall–Kier alpha value is -2.09. The summed E-state index contributed by atoms with van der Waals surface area (Å²) < 4.78 is 9.21. The lowest BCUT2D eigenvalue weighted by Gasteiger charge is -2.10. The molecule has 1 heterocycles. The highest BCUT2D eigenvalue weighted by atomic mass is 32.1. The van der Waals surface area contributed by atoms with Crippen LogP contribution in [0, 0.1) is 0 Å². The molecule has 110 valence electrons. The molecule has 0 radical (unpaired) electrons. The lowest BCUT2D eigenvalue weighted by Crippen LogP contribution is -2.27. The van der Waals surface area contributed by atoms with E-state index < -0.39 is 12.0 Å². The van der Waals surface area contributed by atoms with E-state index in [1.54, 1.807) is 20.2 Å². The highest BCUT2D eigenvalue weighted by Gasteiger charge is 2.23. The summed E-state index contributed by atoms with van der Waals surface area (Å²) in [5.74, 6) is -1.18. The van der Waals surface area contributed by atoms with Gasteiger partial charge >= 0.3 is 12.0 Å². The highest BCUT2D eigenvalue weighted by Crippen LogP contribution is 2.30. The molecule has 0 fully saturated rings. The van der Waals surface area contributed by atoms with Gasteiger partial charge in [0.05, 0.1) is 0 Å². The number of allylic oxidation sites excluding steroid dienone is 1. The number of carbonyl (C=O) groups excluding carboxylic acids is 1. The average molecular weight is 299 g/mol. The van der Waals surface area contributed by atoms with Crippen LogP contribution < -0.4 is 10.1 Å². The second-order valence-corrected chi connectivity index (χ2v) is 4.79. The van der Waals surface area contributed by atoms with Gasteiger partial charge < -0.3 is 14.7 Å². The summed E-state index contributed by atoms with van der Waals surface area (Å²) in [6, 6.07) is -0.423. The Morgan fingerprint density at radius 1 is 1.45 bits per heavy atom. The fraction of sp³-hybridized carbons (Fsp3) is 0.417. The number of carbonyl (C=O) groups is 2. The van der Waals surface area contributed by atoms with Crippen molar-refractivity contribution in [2.24, 2.45) is 0 Å². The van der Waals surface area contributed by atoms with Crippen LogP contribution in [0.2, 0.25) is 0 Å². The molecule has 20 heavy (non-hydrogen) atoms. The minimum absolute atomic E-state index is 0.0114. The van der Waals surface area contributed by atoms with E-state index in [-0.39, 0.29) is 23.1 Å². The summed E-state index contributed by atoms with van der Waals surface area (Å²) in [5.41, 5.74) is -0.130. The summed E-state index contributed by atoms with van der Waals surface area (Å²) in [6.45, 7) is 2.22.